The summed E-state index contributed by atoms with van der Waals surface area (Å²) < 4.78 is 0. The lowest BCUT2D eigenvalue weighted by Crippen LogP contribution is -2.37. The van der Waals surface area contributed by atoms with Crippen molar-refractivity contribution in [3.05, 3.63) is 40.6 Å². The molecule has 2 rings (SSSR count). The number of aromatic nitrogens is 2. The second kappa shape index (κ2) is 7.53. The summed E-state index contributed by atoms with van der Waals surface area (Å²) in [6, 6.07) is 5.10. The number of halogens is 2. The molecular formula is C16H15Cl2N3O2. The van der Waals surface area contributed by atoms with Gasteiger partial charge in [0, 0.05) is 46.4 Å². The quantitative estimate of drug-likeness (QED) is 0.830. The van der Waals surface area contributed by atoms with Gasteiger partial charge >= 0.3 is 0 Å². The summed E-state index contributed by atoms with van der Waals surface area (Å²) >= 11 is 12.0. The van der Waals surface area contributed by atoms with Gasteiger partial charge in [-0.2, -0.15) is 0 Å². The van der Waals surface area contributed by atoms with E-state index in [0.717, 1.165) is 10.5 Å². The maximum Gasteiger partial charge on any atom is 0.239 e. The van der Waals surface area contributed by atoms with Crippen molar-refractivity contribution in [2.75, 3.05) is 4.90 Å². The van der Waals surface area contributed by atoms with E-state index in [0.29, 0.717) is 15.6 Å². The first kappa shape index (κ1) is 17.4. The molecule has 0 radical (unpaired) electrons. The van der Waals surface area contributed by atoms with Crippen LogP contribution < -0.4 is 4.90 Å². The Labute approximate surface area is 144 Å². The Morgan fingerprint density at radius 1 is 1.04 bits per heavy atom. The first-order valence-corrected chi connectivity index (χ1v) is 7.86. The summed E-state index contributed by atoms with van der Waals surface area (Å²) in [6.45, 7) is 3.36. The number of carbonyl (C=O) groups is 2. The van der Waals surface area contributed by atoms with E-state index < -0.39 is 0 Å². The van der Waals surface area contributed by atoms with Gasteiger partial charge in [0.1, 0.15) is 0 Å². The summed E-state index contributed by atoms with van der Waals surface area (Å²) in [5.41, 5.74) is 1.39. The largest absolute Gasteiger partial charge is 0.274 e. The third-order valence-corrected chi connectivity index (χ3v) is 3.73. The van der Waals surface area contributed by atoms with Gasteiger partial charge in [-0.1, -0.05) is 43.1 Å². The average Bonchev–Trinajstić information content (AvgIpc) is 2.55. The van der Waals surface area contributed by atoms with E-state index >= 15 is 0 Å². The van der Waals surface area contributed by atoms with Crippen molar-refractivity contribution in [2.45, 2.75) is 26.7 Å². The Morgan fingerprint density at radius 2 is 1.61 bits per heavy atom. The minimum absolute atomic E-state index is 0.0672. The van der Waals surface area contributed by atoms with E-state index in [1.165, 1.54) is 12.4 Å². The Balaban J connectivity index is 2.37. The van der Waals surface area contributed by atoms with Crippen molar-refractivity contribution in [2.24, 2.45) is 0 Å². The van der Waals surface area contributed by atoms with E-state index in [4.69, 9.17) is 23.2 Å². The summed E-state index contributed by atoms with van der Waals surface area (Å²) in [7, 11) is 0. The molecule has 23 heavy (non-hydrogen) atoms. The molecular weight excluding hydrogens is 337 g/mol. The summed E-state index contributed by atoms with van der Waals surface area (Å²) in [5.74, 6) is -0.610. The molecule has 0 spiro atoms. The molecule has 0 aliphatic heterocycles. The average molecular weight is 352 g/mol. The van der Waals surface area contributed by atoms with E-state index in [2.05, 4.69) is 9.97 Å². The van der Waals surface area contributed by atoms with Gasteiger partial charge in [-0.25, -0.2) is 14.9 Å². The van der Waals surface area contributed by atoms with Crippen LogP contribution in [0.4, 0.5) is 5.95 Å². The van der Waals surface area contributed by atoms with E-state index in [1.54, 1.807) is 32.0 Å². The summed E-state index contributed by atoms with van der Waals surface area (Å²) in [6.07, 6.45) is 3.44. The van der Waals surface area contributed by atoms with Gasteiger partial charge in [0.25, 0.3) is 0 Å². The van der Waals surface area contributed by atoms with Crippen molar-refractivity contribution in [1.29, 1.82) is 0 Å². The molecule has 0 aliphatic carbocycles. The molecule has 1 aromatic carbocycles. The van der Waals surface area contributed by atoms with Crippen LogP contribution in [0.25, 0.3) is 11.1 Å². The van der Waals surface area contributed by atoms with Gasteiger partial charge in [-0.15, -0.1) is 0 Å². The normalized spacial score (nSPS) is 10.4. The van der Waals surface area contributed by atoms with Crippen molar-refractivity contribution in [1.82, 2.24) is 9.97 Å². The van der Waals surface area contributed by atoms with Crippen LogP contribution in [-0.4, -0.2) is 21.8 Å². The fourth-order valence-electron chi connectivity index (χ4n) is 1.98. The van der Waals surface area contributed by atoms with Crippen LogP contribution in [0.15, 0.2) is 30.6 Å². The fourth-order valence-corrected chi connectivity index (χ4v) is 2.50. The molecule has 1 aromatic heterocycles. The molecule has 0 aliphatic rings. The highest BCUT2D eigenvalue weighted by Gasteiger charge is 2.23. The number of imide groups is 1. The van der Waals surface area contributed by atoms with Crippen LogP contribution in [0.2, 0.25) is 10.0 Å². The number of anilines is 1. The Kier molecular flexibility index (Phi) is 5.69. The zero-order chi connectivity index (χ0) is 17.0. The maximum absolute atomic E-state index is 11.9. The first-order valence-electron chi connectivity index (χ1n) is 7.11. The molecule has 1 heterocycles. The number of amides is 2. The van der Waals surface area contributed by atoms with Crippen LogP contribution in [0.1, 0.15) is 26.7 Å². The zero-order valence-corrected chi connectivity index (χ0v) is 14.2. The molecule has 7 heteroatoms. The molecule has 0 saturated heterocycles. The number of hydrogen-bond acceptors (Lipinski definition) is 4. The van der Waals surface area contributed by atoms with Crippen LogP contribution >= 0.6 is 23.2 Å². The summed E-state index contributed by atoms with van der Waals surface area (Å²) in [4.78, 5) is 33.2. The minimum Gasteiger partial charge on any atom is -0.274 e. The first-order chi connectivity index (χ1) is 11.0. The van der Waals surface area contributed by atoms with Crippen LogP contribution in [0, 0.1) is 0 Å². The topological polar surface area (TPSA) is 63.2 Å². The number of nitrogens with zero attached hydrogens (tertiary/aromatic N) is 3. The lowest BCUT2D eigenvalue weighted by atomic mass is 10.1. The monoisotopic (exact) mass is 351 g/mol. The minimum atomic E-state index is -0.339. The standard InChI is InChI=1S/C16H15Cl2N3O2/c1-3-14(22)21(15(23)4-2)16-19-8-10(9-20-16)12-6-5-11(17)7-13(12)18/h5-9H,3-4H2,1-2H3. The Bertz CT molecular complexity index is 717. The third kappa shape index (κ3) is 3.86. The SMILES string of the molecule is CCC(=O)N(C(=O)CC)c1ncc(-c2ccc(Cl)cc2Cl)cn1. The molecule has 2 aromatic rings. The number of rotatable bonds is 4. The van der Waals surface area contributed by atoms with Gasteiger partial charge < -0.3 is 0 Å². The number of hydrogen-bond donors (Lipinski definition) is 0. The smallest absolute Gasteiger partial charge is 0.239 e. The molecule has 0 bridgehead atoms. The van der Waals surface area contributed by atoms with Gasteiger partial charge in [0.15, 0.2) is 0 Å². The second-order valence-corrected chi connectivity index (χ2v) is 5.57. The highest BCUT2D eigenvalue weighted by molar-refractivity contribution is 6.36. The molecule has 0 unspecified atom stereocenters. The Morgan fingerprint density at radius 3 is 2.09 bits per heavy atom. The highest BCUT2D eigenvalue weighted by Crippen LogP contribution is 2.29. The Hall–Kier alpha value is -1.98. The van der Waals surface area contributed by atoms with E-state index in [-0.39, 0.29) is 30.6 Å². The predicted octanol–water partition coefficient (Wildman–Crippen LogP) is 4.13. The lowest BCUT2D eigenvalue weighted by molar-refractivity contribution is -0.126. The lowest BCUT2D eigenvalue weighted by Gasteiger charge is -2.17. The van der Waals surface area contributed by atoms with Crippen molar-refractivity contribution in [3.8, 4) is 11.1 Å². The highest BCUT2D eigenvalue weighted by atomic mass is 35.5. The molecule has 0 fully saturated rings. The number of benzene rings is 1. The summed E-state index contributed by atoms with van der Waals surface area (Å²) in [5, 5.41) is 1.00. The molecule has 120 valence electrons. The molecule has 2 amide bonds. The van der Waals surface area contributed by atoms with E-state index in [9.17, 15) is 9.59 Å². The molecule has 5 nitrogen and oxygen atoms in total. The molecule has 0 saturated carbocycles. The third-order valence-electron chi connectivity index (χ3n) is 3.18. The van der Waals surface area contributed by atoms with Gasteiger partial charge in [0.2, 0.25) is 17.8 Å². The maximum atomic E-state index is 11.9. The molecule has 0 N–H and O–H groups in total. The number of carbonyl (C=O) groups excluding carboxylic acids is 2. The van der Waals surface area contributed by atoms with E-state index in [1.807, 2.05) is 0 Å². The van der Waals surface area contributed by atoms with Gasteiger partial charge in [0.05, 0.1) is 0 Å². The van der Waals surface area contributed by atoms with Crippen LogP contribution in [0.3, 0.4) is 0 Å². The van der Waals surface area contributed by atoms with Crippen LogP contribution in [0.5, 0.6) is 0 Å². The fraction of sp³-hybridized carbons (Fsp3) is 0.250. The van der Waals surface area contributed by atoms with Crippen LogP contribution in [-0.2, 0) is 9.59 Å². The van der Waals surface area contributed by atoms with Crippen molar-refractivity contribution >= 4 is 41.0 Å². The zero-order valence-electron chi connectivity index (χ0n) is 12.7. The second-order valence-electron chi connectivity index (χ2n) is 4.73. The van der Waals surface area contributed by atoms with Gasteiger partial charge in [-0.3, -0.25) is 9.59 Å². The molecule has 0 atom stereocenters. The predicted molar refractivity (Wildman–Crippen MR) is 90.6 cm³/mol. The van der Waals surface area contributed by atoms with Gasteiger partial charge in [-0.05, 0) is 12.1 Å². The van der Waals surface area contributed by atoms with Crippen molar-refractivity contribution < 1.29 is 9.59 Å². The van der Waals surface area contributed by atoms with Crippen molar-refractivity contribution in [3.63, 3.8) is 0 Å².